The van der Waals surface area contributed by atoms with Crippen molar-refractivity contribution in [2.45, 2.75) is 20.0 Å². The van der Waals surface area contributed by atoms with Gasteiger partial charge < -0.3 is 15.2 Å². The predicted octanol–water partition coefficient (Wildman–Crippen LogP) is 4.22. The molecule has 4 heteroatoms. The molecule has 0 heterocycles. The second-order valence-electron chi connectivity index (χ2n) is 5.11. The lowest BCUT2D eigenvalue weighted by molar-refractivity contribution is 0.191. The van der Waals surface area contributed by atoms with Gasteiger partial charge in [-0.3, -0.25) is 0 Å². The van der Waals surface area contributed by atoms with Gasteiger partial charge in [-0.15, -0.1) is 0 Å². The van der Waals surface area contributed by atoms with Gasteiger partial charge in [-0.05, 0) is 64.7 Å². The Balaban J connectivity index is 2.05. The van der Waals surface area contributed by atoms with Gasteiger partial charge in [0.1, 0.15) is 5.75 Å². The smallest absolute Gasteiger partial charge is 0.118 e. The molecule has 2 N–H and O–H groups in total. The average Bonchev–Trinajstić information content (AvgIpc) is 2.46. The summed E-state index contributed by atoms with van der Waals surface area (Å²) in [5, 5.41) is 13.6. The Labute approximate surface area is 134 Å². The number of ether oxygens (including phenoxy) is 1. The fourth-order valence-electron chi connectivity index (χ4n) is 2.28. The first-order valence-electron chi connectivity index (χ1n) is 6.84. The molecule has 0 spiro atoms. The first-order chi connectivity index (χ1) is 10.0. The van der Waals surface area contributed by atoms with Crippen molar-refractivity contribution in [3.05, 3.63) is 57.6 Å². The summed E-state index contributed by atoms with van der Waals surface area (Å²) in [5.74, 6) is 0.788. The molecule has 0 radical (unpaired) electrons. The third kappa shape index (κ3) is 3.99. The molecule has 0 saturated heterocycles. The van der Waals surface area contributed by atoms with Gasteiger partial charge in [0.2, 0.25) is 0 Å². The van der Waals surface area contributed by atoms with Crippen LogP contribution in [-0.2, 0) is 0 Å². The van der Waals surface area contributed by atoms with Crippen LogP contribution in [0.15, 0.2) is 40.9 Å². The number of anilines is 1. The molecule has 3 nitrogen and oxygen atoms in total. The van der Waals surface area contributed by atoms with E-state index in [0.29, 0.717) is 6.54 Å². The number of aliphatic hydroxyl groups excluding tert-OH is 1. The third-order valence-corrected chi connectivity index (χ3v) is 4.03. The first kappa shape index (κ1) is 15.9. The lowest BCUT2D eigenvalue weighted by Gasteiger charge is -2.17. The molecule has 2 aromatic rings. The molecule has 2 aromatic carbocycles. The number of halogens is 1. The van der Waals surface area contributed by atoms with E-state index in [1.54, 1.807) is 7.11 Å². The molecular weight excluding hydrogens is 330 g/mol. The molecule has 1 unspecified atom stereocenters. The Bertz CT molecular complexity index is 588. The topological polar surface area (TPSA) is 41.5 Å². The first-order valence-corrected chi connectivity index (χ1v) is 7.63. The number of hydrogen-bond acceptors (Lipinski definition) is 3. The van der Waals surface area contributed by atoms with Crippen LogP contribution in [0.1, 0.15) is 22.8 Å². The van der Waals surface area contributed by atoms with E-state index in [0.717, 1.165) is 27.0 Å². The molecule has 2 rings (SSSR count). The summed E-state index contributed by atoms with van der Waals surface area (Å²) < 4.78 is 6.13. The molecule has 0 aromatic heterocycles. The van der Waals surface area contributed by atoms with Crippen molar-refractivity contribution >= 4 is 21.6 Å². The van der Waals surface area contributed by atoms with Crippen molar-refractivity contribution < 1.29 is 9.84 Å². The standard InChI is InChI=1S/C17H20BrNO2/c1-11-8-12(2)17(15(18)9-11)19-10-16(20)13-4-6-14(21-3)7-5-13/h4-9,16,19-20H,10H2,1-3H3. The van der Waals surface area contributed by atoms with Crippen LogP contribution >= 0.6 is 15.9 Å². The largest absolute Gasteiger partial charge is 0.497 e. The molecule has 1 atom stereocenters. The monoisotopic (exact) mass is 349 g/mol. The van der Waals surface area contributed by atoms with Crippen molar-refractivity contribution in [1.29, 1.82) is 0 Å². The van der Waals surface area contributed by atoms with E-state index in [1.807, 2.05) is 24.3 Å². The molecule has 0 bridgehead atoms. The summed E-state index contributed by atoms with van der Waals surface area (Å²) in [7, 11) is 1.63. The minimum absolute atomic E-state index is 0.453. The summed E-state index contributed by atoms with van der Waals surface area (Å²) in [6, 6.07) is 11.6. The van der Waals surface area contributed by atoms with Crippen LogP contribution in [0.2, 0.25) is 0 Å². The molecule has 0 saturated carbocycles. The van der Waals surface area contributed by atoms with E-state index in [1.165, 1.54) is 5.56 Å². The van der Waals surface area contributed by atoms with E-state index in [-0.39, 0.29) is 0 Å². The quantitative estimate of drug-likeness (QED) is 0.848. The number of rotatable bonds is 5. The van der Waals surface area contributed by atoms with Crippen molar-refractivity contribution in [2.24, 2.45) is 0 Å². The molecule has 0 fully saturated rings. The third-order valence-electron chi connectivity index (χ3n) is 3.40. The molecule has 21 heavy (non-hydrogen) atoms. The van der Waals surface area contributed by atoms with Crippen molar-refractivity contribution in [2.75, 3.05) is 19.0 Å². The van der Waals surface area contributed by atoms with Gasteiger partial charge in [0.15, 0.2) is 0 Å². The van der Waals surface area contributed by atoms with E-state index in [9.17, 15) is 5.11 Å². The van der Waals surface area contributed by atoms with Crippen molar-refractivity contribution in [3.8, 4) is 5.75 Å². The number of aryl methyl sites for hydroxylation is 2. The summed E-state index contributed by atoms with van der Waals surface area (Å²) in [5.41, 5.74) is 4.25. The van der Waals surface area contributed by atoms with Gasteiger partial charge in [-0.1, -0.05) is 18.2 Å². The minimum Gasteiger partial charge on any atom is -0.497 e. The van der Waals surface area contributed by atoms with Crippen molar-refractivity contribution in [3.63, 3.8) is 0 Å². The van der Waals surface area contributed by atoms with Gasteiger partial charge in [-0.25, -0.2) is 0 Å². The Morgan fingerprint density at radius 3 is 2.43 bits per heavy atom. The van der Waals surface area contributed by atoms with Gasteiger partial charge >= 0.3 is 0 Å². The molecule has 0 aliphatic rings. The zero-order valence-corrected chi connectivity index (χ0v) is 14.1. The SMILES string of the molecule is COc1ccc(C(O)CNc2c(C)cc(C)cc2Br)cc1. The van der Waals surface area contributed by atoms with E-state index >= 15 is 0 Å². The van der Waals surface area contributed by atoms with Gasteiger partial charge in [0.25, 0.3) is 0 Å². The second kappa shape index (κ2) is 6.96. The van der Waals surface area contributed by atoms with Crippen LogP contribution in [-0.4, -0.2) is 18.8 Å². The summed E-state index contributed by atoms with van der Waals surface area (Å²) >= 11 is 3.56. The zero-order valence-electron chi connectivity index (χ0n) is 12.5. The Morgan fingerprint density at radius 1 is 1.19 bits per heavy atom. The maximum atomic E-state index is 10.3. The number of benzene rings is 2. The van der Waals surface area contributed by atoms with E-state index in [4.69, 9.17) is 4.74 Å². The van der Waals surface area contributed by atoms with Gasteiger partial charge in [0, 0.05) is 11.0 Å². The van der Waals surface area contributed by atoms with Crippen LogP contribution in [0.5, 0.6) is 5.75 Å². The number of nitrogens with one attached hydrogen (secondary N) is 1. The molecule has 0 aliphatic carbocycles. The Morgan fingerprint density at radius 2 is 1.86 bits per heavy atom. The molecular formula is C17H20BrNO2. The Hall–Kier alpha value is -1.52. The number of hydrogen-bond donors (Lipinski definition) is 2. The Kier molecular flexibility index (Phi) is 5.26. The number of methoxy groups -OCH3 is 1. The second-order valence-corrected chi connectivity index (χ2v) is 5.96. The highest BCUT2D eigenvalue weighted by Crippen LogP contribution is 2.28. The fraction of sp³-hybridized carbons (Fsp3) is 0.294. The minimum atomic E-state index is -0.566. The van der Waals surface area contributed by atoms with E-state index < -0.39 is 6.10 Å². The fourth-order valence-corrected chi connectivity index (χ4v) is 3.10. The zero-order chi connectivity index (χ0) is 15.4. The molecule has 0 aliphatic heterocycles. The normalized spacial score (nSPS) is 12.0. The van der Waals surface area contributed by atoms with Crippen LogP contribution in [0, 0.1) is 13.8 Å². The lowest BCUT2D eigenvalue weighted by Crippen LogP contribution is -2.13. The summed E-state index contributed by atoms with van der Waals surface area (Å²) in [4.78, 5) is 0. The average molecular weight is 350 g/mol. The highest BCUT2D eigenvalue weighted by molar-refractivity contribution is 9.10. The maximum absolute atomic E-state index is 10.3. The van der Waals surface area contributed by atoms with Gasteiger partial charge in [-0.2, -0.15) is 0 Å². The molecule has 112 valence electrons. The van der Waals surface area contributed by atoms with Crippen LogP contribution in [0.4, 0.5) is 5.69 Å². The summed E-state index contributed by atoms with van der Waals surface area (Å²) in [6.45, 7) is 4.57. The van der Waals surface area contributed by atoms with Gasteiger partial charge in [0.05, 0.1) is 18.9 Å². The number of aliphatic hydroxyl groups is 1. The predicted molar refractivity (Wildman–Crippen MR) is 90.1 cm³/mol. The van der Waals surface area contributed by atoms with Crippen LogP contribution in [0.3, 0.4) is 0 Å². The molecule has 0 amide bonds. The van der Waals surface area contributed by atoms with E-state index in [2.05, 4.69) is 47.2 Å². The van der Waals surface area contributed by atoms with Crippen molar-refractivity contribution in [1.82, 2.24) is 0 Å². The van der Waals surface area contributed by atoms with Crippen LogP contribution < -0.4 is 10.1 Å². The maximum Gasteiger partial charge on any atom is 0.118 e. The summed E-state index contributed by atoms with van der Waals surface area (Å²) in [6.07, 6.45) is -0.566. The highest BCUT2D eigenvalue weighted by atomic mass is 79.9. The lowest BCUT2D eigenvalue weighted by atomic mass is 10.1. The van der Waals surface area contributed by atoms with Crippen LogP contribution in [0.25, 0.3) is 0 Å². The highest BCUT2D eigenvalue weighted by Gasteiger charge is 2.10.